The van der Waals surface area contributed by atoms with Crippen LogP contribution in [0.5, 0.6) is 0 Å². The van der Waals surface area contributed by atoms with Crippen LogP contribution >= 0.6 is 0 Å². The van der Waals surface area contributed by atoms with E-state index in [1.54, 1.807) is 5.01 Å². The maximum absolute atomic E-state index is 12.9. The van der Waals surface area contributed by atoms with Crippen LogP contribution in [-0.2, 0) is 4.79 Å². The molecule has 1 aliphatic rings. The summed E-state index contributed by atoms with van der Waals surface area (Å²) in [7, 11) is 1.83. The summed E-state index contributed by atoms with van der Waals surface area (Å²) in [5, 5.41) is 13.0. The first-order valence-corrected chi connectivity index (χ1v) is 9.07. The molecule has 0 radical (unpaired) electrons. The summed E-state index contributed by atoms with van der Waals surface area (Å²) < 4.78 is 0. The number of likely N-dealkylation sites (tertiary alicyclic amines) is 1. The molecular formula is C20H28N5O+. The molecule has 3 atom stereocenters. The van der Waals surface area contributed by atoms with Crippen molar-refractivity contribution in [2.24, 2.45) is 11.8 Å². The lowest BCUT2D eigenvalue weighted by molar-refractivity contribution is -0.134. The third-order valence-corrected chi connectivity index (χ3v) is 5.16. The van der Waals surface area contributed by atoms with Gasteiger partial charge in [0.15, 0.2) is 6.19 Å². The van der Waals surface area contributed by atoms with Gasteiger partial charge in [-0.2, -0.15) is 5.26 Å². The summed E-state index contributed by atoms with van der Waals surface area (Å²) in [6.07, 6.45) is 3.53. The fourth-order valence-electron chi connectivity index (χ4n) is 3.51. The molecule has 1 aromatic rings. The monoisotopic (exact) mass is 354 g/mol. The van der Waals surface area contributed by atoms with Crippen LogP contribution in [0.25, 0.3) is 4.95 Å². The molecule has 0 saturated carbocycles. The van der Waals surface area contributed by atoms with Crippen LogP contribution in [0.15, 0.2) is 24.3 Å². The van der Waals surface area contributed by atoms with E-state index in [1.165, 1.54) is 5.56 Å². The van der Waals surface area contributed by atoms with Gasteiger partial charge in [0.05, 0.1) is 12.0 Å². The first kappa shape index (κ1) is 19.6. The second kappa shape index (κ2) is 9.10. The molecule has 1 aromatic carbocycles. The molecule has 138 valence electrons. The Labute approximate surface area is 156 Å². The number of amides is 1. The first-order valence-electron chi connectivity index (χ1n) is 9.07. The highest BCUT2D eigenvalue weighted by Gasteiger charge is 2.32. The molecule has 0 aromatic heterocycles. The van der Waals surface area contributed by atoms with Gasteiger partial charge in [-0.05, 0) is 31.2 Å². The van der Waals surface area contributed by atoms with Crippen LogP contribution in [0.4, 0.5) is 0 Å². The van der Waals surface area contributed by atoms with Gasteiger partial charge in [0.25, 0.3) is 0 Å². The van der Waals surface area contributed by atoms with E-state index in [0.29, 0.717) is 25.4 Å². The van der Waals surface area contributed by atoms with Crippen molar-refractivity contribution in [3.8, 4) is 12.8 Å². The second-order valence-corrected chi connectivity index (χ2v) is 7.18. The molecular weight excluding hydrogens is 326 g/mol. The molecule has 1 aliphatic heterocycles. The molecule has 6 heteroatoms. The van der Waals surface area contributed by atoms with E-state index in [9.17, 15) is 4.79 Å². The minimum absolute atomic E-state index is 0.0433. The number of hydrogen-bond acceptors (Lipinski definition) is 4. The number of benzene rings is 1. The molecule has 2 unspecified atom stereocenters. The fraction of sp³-hybridized carbons (Fsp3) is 0.550. The van der Waals surface area contributed by atoms with E-state index in [2.05, 4.69) is 34.5 Å². The van der Waals surface area contributed by atoms with E-state index >= 15 is 0 Å². The fourth-order valence-corrected chi connectivity index (χ4v) is 3.51. The molecule has 1 saturated heterocycles. The van der Waals surface area contributed by atoms with Crippen molar-refractivity contribution >= 4 is 5.91 Å². The number of nitriles is 1. The van der Waals surface area contributed by atoms with Gasteiger partial charge in [-0.1, -0.05) is 41.8 Å². The smallest absolute Gasteiger partial charge is 0.304 e. The number of rotatable bonds is 7. The number of nitrogens with zero attached hydrogens (tertiary/aromatic N) is 4. The van der Waals surface area contributed by atoms with Crippen LogP contribution in [-0.4, -0.2) is 42.5 Å². The van der Waals surface area contributed by atoms with Crippen LogP contribution in [0.3, 0.4) is 0 Å². The van der Waals surface area contributed by atoms with Crippen molar-refractivity contribution in [1.82, 2.24) is 15.2 Å². The topological polar surface area (TPSA) is 63.7 Å². The average molecular weight is 354 g/mol. The van der Waals surface area contributed by atoms with Gasteiger partial charge >= 0.3 is 6.57 Å². The molecule has 0 spiro atoms. The van der Waals surface area contributed by atoms with E-state index in [0.717, 1.165) is 18.5 Å². The summed E-state index contributed by atoms with van der Waals surface area (Å²) in [5.74, 6) is 0.376. The molecule has 1 N–H and O–H groups in total. The van der Waals surface area contributed by atoms with Crippen molar-refractivity contribution in [3.05, 3.63) is 40.3 Å². The van der Waals surface area contributed by atoms with Gasteiger partial charge in [0, 0.05) is 25.6 Å². The lowest BCUT2D eigenvalue weighted by Gasteiger charge is -2.25. The highest BCUT2D eigenvalue weighted by atomic mass is 16.2. The van der Waals surface area contributed by atoms with E-state index < -0.39 is 0 Å². The highest BCUT2D eigenvalue weighted by Crippen LogP contribution is 2.29. The predicted molar refractivity (Wildman–Crippen MR) is 102 cm³/mol. The van der Waals surface area contributed by atoms with Crippen molar-refractivity contribution < 1.29 is 4.79 Å². The zero-order chi connectivity index (χ0) is 19.1. The van der Waals surface area contributed by atoms with Gasteiger partial charge < -0.3 is 10.2 Å². The van der Waals surface area contributed by atoms with Gasteiger partial charge in [-0.3, -0.25) is 4.79 Å². The Hall–Kier alpha value is -2.73. The van der Waals surface area contributed by atoms with Crippen molar-refractivity contribution in [2.45, 2.75) is 32.7 Å². The Balaban J connectivity index is 2.01. The molecule has 26 heavy (non-hydrogen) atoms. The highest BCUT2D eigenvalue weighted by molar-refractivity contribution is 5.78. The quantitative estimate of drug-likeness (QED) is 0.465. The zero-order valence-electron chi connectivity index (χ0n) is 15.9. The standard InChI is InChI=1S/C20H28N5O/c1-15-5-7-18(8-6-15)19(24(4)22-3)11-16(2)20(26)25-10-9-17(13-25)12-23-14-21/h3,5-8,16-17,19,23H,9-13H2,1-2,4H3/q+1/t16?,17-,19?/m1/s1. The number of carbonyl (C=O) groups excluding carboxylic acids is 1. The van der Waals surface area contributed by atoms with E-state index in [-0.39, 0.29) is 17.9 Å². The third kappa shape index (κ3) is 4.89. The lowest BCUT2D eigenvalue weighted by atomic mass is 9.94. The number of carbonyl (C=O) groups is 1. The van der Waals surface area contributed by atoms with Crippen molar-refractivity contribution in [1.29, 1.82) is 5.26 Å². The van der Waals surface area contributed by atoms with Crippen molar-refractivity contribution in [2.75, 3.05) is 26.7 Å². The normalized spacial score (nSPS) is 18.5. The number of hydrogen-bond donors (Lipinski definition) is 1. The minimum atomic E-state index is -0.131. The van der Waals surface area contributed by atoms with Gasteiger partial charge in [-0.25, -0.2) is 0 Å². The molecule has 0 bridgehead atoms. The van der Waals surface area contributed by atoms with E-state index in [4.69, 9.17) is 11.8 Å². The van der Waals surface area contributed by atoms with Gasteiger partial charge in [0.1, 0.15) is 6.04 Å². The van der Waals surface area contributed by atoms with Gasteiger partial charge in [0.2, 0.25) is 5.91 Å². The third-order valence-electron chi connectivity index (χ3n) is 5.16. The second-order valence-electron chi connectivity index (χ2n) is 7.18. The number of nitrogens with one attached hydrogen (secondary N) is 1. The minimum Gasteiger partial charge on any atom is -0.342 e. The Morgan fingerprint density at radius 2 is 2.19 bits per heavy atom. The summed E-state index contributed by atoms with van der Waals surface area (Å²) in [5.41, 5.74) is 2.29. The Bertz CT molecular complexity index is 688. The van der Waals surface area contributed by atoms with Crippen LogP contribution in [0, 0.1) is 36.8 Å². The Kier molecular flexibility index (Phi) is 6.86. The molecule has 6 nitrogen and oxygen atoms in total. The van der Waals surface area contributed by atoms with Crippen molar-refractivity contribution in [3.63, 3.8) is 0 Å². The largest absolute Gasteiger partial charge is 0.342 e. The van der Waals surface area contributed by atoms with Crippen LogP contribution in [0.1, 0.15) is 36.9 Å². The lowest BCUT2D eigenvalue weighted by Crippen LogP contribution is -2.35. The summed E-state index contributed by atoms with van der Waals surface area (Å²) in [6.45, 7) is 11.6. The summed E-state index contributed by atoms with van der Waals surface area (Å²) in [4.78, 5) is 18.6. The predicted octanol–water partition coefficient (Wildman–Crippen LogP) is 2.79. The SMILES string of the molecule is C#[N+]N(C)C(CC(C)C(=O)N1CC[C@H](CNC#N)C1)c1ccc(C)cc1. The molecule has 2 rings (SSSR count). The number of aryl methyl sites for hydroxylation is 1. The molecule has 1 fully saturated rings. The molecule has 1 heterocycles. The zero-order valence-corrected chi connectivity index (χ0v) is 15.9. The van der Waals surface area contributed by atoms with E-state index in [1.807, 2.05) is 32.0 Å². The maximum Gasteiger partial charge on any atom is 0.304 e. The Morgan fingerprint density at radius 3 is 2.81 bits per heavy atom. The first-order chi connectivity index (χ1) is 12.5. The molecule has 0 aliphatic carbocycles. The van der Waals surface area contributed by atoms with Crippen LogP contribution in [0.2, 0.25) is 0 Å². The average Bonchev–Trinajstić information content (AvgIpc) is 3.12. The summed E-state index contributed by atoms with van der Waals surface area (Å²) >= 11 is 0. The molecule has 1 amide bonds. The van der Waals surface area contributed by atoms with Crippen LogP contribution < -0.4 is 5.32 Å². The van der Waals surface area contributed by atoms with Gasteiger partial charge in [-0.15, -0.1) is 0 Å². The maximum atomic E-state index is 12.9. The Morgan fingerprint density at radius 1 is 1.50 bits per heavy atom. The summed E-state index contributed by atoms with van der Waals surface area (Å²) in [6, 6.07) is 8.22.